The van der Waals surface area contributed by atoms with E-state index in [1.54, 1.807) is 19.9 Å². The molecule has 0 radical (unpaired) electrons. The molecule has 1 rings (SSSR count). The summed E-state index contributed by atoms with van der Waals surface area (Å²) < 4.78 is 36.3. The first-order valence-electron chi connectivity index (χ1n) is 3.86. The Morgan fingerprint density at radius 1 is 1.21 bits per heavy atom. The molecule has 0 saturated carbocycles. The van der Waals surface area contributed by atoms with E-state index in [-0.39, 0.29) is 22.4 Å². The molecule has 5 heteroatoms. The highest BCUT2D eigenvalue weighted by Crippen LogP contribution is 2.43. The van der Waals surface area contributed by atoms with Gasteiger partial charge in [-0.2, -0.15) is 13.2 Å². The molecule has 0 fully saturated rings. The van der Waals surface area contributed by atoms with E-state index in [1.165, 1.54) is 6.07 Å². The third-order valence-electron chi connectivity index (χ3n) is 1.87. The second kappa shape index (κ2) is 3.73. The summed E-state index contributed by atoms with van der Waals surface area (Å²) in [7, 11) is 0. The van der Waals surface area contributed by atoms with Gasteiger partial charge in [0.15, 0.2) is 0 Å². The van der Waals surface area contributed by atoms with Crippen LogP contribution in [0.3, 0.4) is 0 Å². The van der Waals surface area contributed by atoms with Crippen LogP contribution in [0.2, 0.25) is 0 Å². The van der Waals surface area contributed by atoms with E-state index in [2.05, 4.69) is 0 Å². The number of hydrogen-bond acceptors (Lipinski definition) is 2. The van der Waals surface area contributed by atoms with Gasteiger partial charge in [0.1, 0.15) is 5.75 Å². The molecule has 0 amide bonds. The number of halogens is 3. The van der Waals surface area contributed by atoms with Gasteiger partial charge in [0.05, 0.1) is 4.90 Å². The molecule has 1 N–H and O–H groups in total. The van der Waals surface area contributed by atoms with Crippen molar-refractivity contribution in [1.29, 1.82) is 0 Å². The van der Waals surface area contributed by atoms with Crippen molar-refractivity contribution in [2.75, 3.05) is 0 Å². The van der Waals surface area contributed by atoms with Crippen molar-refractivity contribution < 1.29 is 18.3 Å². The highest BCUT2D eigenvalue weighted by Gasteiger charge is 2.31. The maximum absolute atomic E-state index is 12.1. The van der Waals surface area contributed by atoms with Crippen LogP contribution in [0.4, 0.5) is 13.2 Å². The van der Waals surface area contributed by atoms with Crippen LogP contribution in [0.5, 0.6) is 5.75 Å². The van der Waals surface area contributed by atoms with E-state index in [1.807, 2.05) is 0 Å². The van der Waals surface area contributed by atoms with Crippen molar-refractivity contribution in [3.63, 3.8) is 0 Å². The zero-order chi connectivity index (χ0) is 10.9. The summed E-state index contributed by atoms with van der Waals surface area (Å²) >= 11 is -0.282. The molecule has 0 aromatic heterocycles. The average Bonchev–Trinajstić information content (AvgIpc) is 2.04. The van der Waals surface area contributed by atoms with Crippen LogP contribution < -0.4 is 0 Å². The van der Waals surface area contributed by atoms with Crippen molar-refractivity contribution in [2.45, 2.75) is 24.3 Å². The van der Waals surface area contributed by atoms with Crippen LogP contribution in [0.25, 0.3) is 0 Å². The first-order valence-corrected chi connectivity index (χ1v) is 4.68. The van der Waals surface area contributed by atoms with Gasteiger partial charge in [0, 0.05) is 0 Å². The minimum atomic E-state index is -4.37. The van der Waals surface area contributed by atoms with E-state index in [9.17, 15) is 18.3 Å². The standard InChI is InChI=1S/C9H9F3OS/c1-5-3-4-7(13)8(6(5)2)14-9(10,11)12/h3-4,13H,1-2H3. The molecular weight excluding hydrogens is 213 g/mol. The van der Waals surface area contributed by atoms with Crippen molar-refractivity contribution in [3.8, 4) is 5.75 Å². The number of thioether (sulfide) groups is 1. The third-order valence-corrected chi connectivity index (χ3v) is 2.82. The summed E-state index contributed by atoms with van der Waals surface area (Å²) in [6.07, 6.45) is 0. The number of rotatable bonds is 1. The number of phenolic OH excluding ortho intramolecular Hbond substituents is 1. The van der Waals surface area contributed by atoms with Crippen LogP contribution in [0.1, 0.15) is 11.1 Å². The zero-order valence-corrected chi connectivity index (χ0v) is 8.46. The molecule has 0 heterocycles. The van der Waals surface area contributed by atoms with Gasteiger partial charge >= 0.3 is 5.51 Å². The summed E-state index contributed by atoms with van der Waals surface area (Å²) in [6.45, 7) is 3.26. The number of aromatic hydroxyl groups is 1. The van der Waals surface area contributed by atoms with E-state index in [0.717, 1.165) is 5.56 Å². The molecule has 0 aliphatic heterocycles. The zero-order valence-electron chi connectivity index (χ0n) is 7.64. The minimum Gasteiger partial charge on any atom is -0.507 e. The van der Waals surface area contributed by atoms with Gasteiger partial charge in [-0.05, 0) is 42.8 Å². The molecule has 0 spiro atoms. The monoisotopic (exact) mass is 222 g/mol. The van der Waals surface area contributed by atoms with Gasteiger partial charge < -0.3 is 5.11 Å². The van der Waals surface area contributed by atoms with Gasteiger partial charge in [0.2, 0.25) is 0 Å². The first-order chi connectivity index (χ1) is 6.31. The number of aryl methyl sites for hydroxylation is 1. The number of hydrogen-bond donors (Lipinski definition) is 1. The Balaban J connectivity index is 3.13. The maximum Gasteiger partial charge on any atom is 0.446 e. The molecule has 14 heavy (non-hydrogen) atoms. The Hall–Kier alpha value is -0.840. The Labute approximate surface area is 83.9 Å². The van der Waals surface area contributed by atoms with E-state index in [4.69, 9.17) is 0 Å². The van der Waals surface area contributed by atoms with Gasteiger partial charge in [-0.3, -0.25) is 0 Å². The molecule has 0 aliphatic rings. The highest BCUT2D eigenvalue weighted by atomic mass is 32.2. The fourth-order valence-electron chi connectivity index (χ4n) is 1.02. The number of alkyl halides is 3. The smallest absolute Gasteiger partial charge is 0.446 e. The summed E-state index contributed by atoms with van der Waals surface area (Å²) in [5.41, 5.74) is -3.17. The summed E-state index contributed by atoms with van der Waals surface area (Å²) in [5, 5.41) is 9.26. The number of benzene rings is 1. The molecular formula is C9H9F3OS. The highest BCUT2D eigenvalue weighted by molar-refractivity contribution is 8.00. The normalized spacial score (nSPS) is 11.8. The van der Waals surface area contributed by atoms with Crippen molar-refractivity contribution >= 4 is 11.8 Å². The minimum absolute atomic E-state index is 0.113. The molecule has 0 unspecified atom stereocenters. The lowest BCUT2D eigenvalue weighted by Crippen LogP contribution is -2.00. The quantitative estimate of drug-likeness (QED) is 0.732. The van der Waals surface area contributed by atoms with Crippen LogP contribution in [0, 0.1) is 13.8 Å². The number of phenols is 1. The predicted octanol–water partition coefficient (Wildman–Crippen LogP) is 3.62. The average molecular weight is 222 g/mol. The van der Waals surface area contributed by atoms with E-state index >= 15 is 0 Å². The molecule has 1 aromatic rings. The largest absolute Gasteiger partial charge is 0.507 e. The molecule has 1 nitrogen and oxygen atoms in total. The summed E-state index contributed by atoms with van der Waals surface area (Å²) in [5.74, 6) is -0.324. The molecule has 0 aliphatic carbocycles. The Bertz CT molecular complexity index is 347. The fourth-order valence-corrected chi connectivity index (χ4v) is 1.74. The summed E-state index contributed by atoms with van der Waals surface area (Å²) in [6, 6.07) is 2.86. The SMILES string of the molecule is Cc1ccc(O)c(SC(F)(F)F)c1C. The van der Waals surface area contributed by atoms with Crippen molar-refractivity contribution in [2.24, 2.45) is 0 Å². The predicted molar refractivity (Wildman–Crippen MR) is 49.5 cm³/mol. The van der Waals surface area contributed by atoms with Crippen molar-refractivity contribution in [3.05, 3.63) is 23.3 Å². The van der Waals surface area contributed by atoms with Crippen LogP contribution in [0.15, 0.2) is 17.0 Å². The van der Waals surface area contributed by atoms with Crippen LogP contribution >= 0.6 is 11.8 Å². The second-order valence-corrected chi connectivity index (χ2v) is 3.98. The van der Waals surface area contributed by atoms with Gasteiger partial charge in [-0.15, -0.1) is 0 Å². The van der Waals surface area contributed by atoms with Gasteiger partial charge in [-0.25, -0.2) is 0 Å². The molecule has 1 aromatic carbocycles. The van der Waals surface area contributed by atoms with Gasteiger partial charge in [-0.1, -0.05) is 6.07 Å². The fraction of sp³-hybridized carbons (Fsp3) is 0.333. The maximum atomic E-state index is 12.1. The van der Waals surface area contributed by atoms with E-state index < -0.39 is 5.51 Å². The van der Waals surface area contributed by atoms with Crippen molar-refractivity contribution in [1.82, 2.24) is 0 Å². The lowest BCUT2D eigenvalue weighted by molar-refractivity contribution is -0.0329. The lowest BCUT2D eigenvalue weighted by Gasteiger charge is -2.11. The van der Waals surface area contributed by atoms with Crippen LogP contribution in [-0.4, -0.2) is 10.6 Å². The summed E-state index contributed by atoms with van der Waals surface area (Å²) in [4.78, 5) is -0.113. The Morgan fingerprint density at radius 3 is 2.29 bits per heavy atom. The van der Waals surface area contributed by atoms with E-state index in [0.29, 0.717) is 5.56 Å². The third kappa shape index (κ3) is 2.57. The van der Waals surface area contributed by atoms with Crippen LogP contribution in [-0.2, 0) is 0 Å². The second-order valence-electron chi connectivity index (χ2n) is 2.90. The molecule has 0 atom stereocenters. The van der Waals surface area contributed by atoms with Gasteiger partial charge in [0.25, 0.3) is 0 Å². The first kappa shape index (κ1) is 11.2. The Kier molecular flexibility index (Phi) is 2.99. The molecule has 78 valence electrons. The lowest BCUT2D eigenvalue weighted by atomic mass is 10.1. The Morgan fingerprint density at radius 2 is 1.79 bits per heavy atom. The molecule has 0 bridgehead atoms. The topological polar surface area (TPSA) is 20.2 Å². The molecule has 0 saturated heterocycles.